The molecule has 0 N–H and O–H groups in total. The van der Waals surface area contributed by atoms with Crippen LogP contribution in [0.1, 0.15) is 278 Å². The second-order valence-electron chi connectivity index (χ2n) is 23.3. The second kappa shape index (κ2) is 50.3. The van der Waals surface area contributed by atoms with E-state index < -0.39 is 0 Å². The Kier molecular flexibility index (Phi) is 45.1. The van der Waals surface area contributed by atoms with Gasteiger partial charge in [0.1, 0.15) is 24.1 Å². The van der Waals surface area contributed by atoms with E-state index >= 15 is 0 Å². The first kappa shape index (κ1) is 69.9. The van der Waals surface area contributed by atoms with Crippen LogP contribution in [0.5, 0.6) is 0 Å². The summed E-state index contributed by atoms with van der Waals surface area (Å²) in [7, 11) is 0. The van der Waals surface area contributed by atoms with Crippen LogP contribution in [0.25, 0.3) is 0 Å². The summed E-state index contributed by atoms with van der Waals surface area (Å²) in [5, 5.41) is 0. The molecule has 0 amide bonds. The summed E-state index contributed by atoms with van der Waals surface area (Å²) >= 11 is 0. The Balaban J connectivity index is 1.29. The van der Waals surface area contributed by atoms with Gasteiger partial charge < -0.3 is 37.9 Å². The Morgan fingerprint density at radius 1 is 0.397 bits per heavy atom. The van der Waals surface area contributed by atoms with Crippen molar-refractivity contribution >= 4 is 17.7 Å². The third-order valence-electron chi connectivity index (χ3n) is 15.4. The third kappa shape index (κ3) is 45.2. The number of esters is 2. The summed E-state index contributed by atoms with van der Waals surface area (Å²) in [4.78, 5) is 39.0. The van der Waals surface area contributed by atoms with Crippen LogP contribution in [0.4, 0.5) is 0 Å². The van der Waals surface area contributed by atoms with E-state index in [1.54, 1.807) is 0 Å². The van der Waals surface area contributed by atoms with Crippen LogP contribution >= 0.6 is 0 Å². The lowest BCUT2D eigenvalue weighted by atomic mass is 9.99. The lowest BCUT2D eigenvalue weighted by Crippen LogP contribution is -2.23. The Bertz CT molecular complexity index is 1430. The second-order valence-corrected chi connectivity index (χ2v) is 23.3. The fraction of sp³-hybridized carbons (Fsp3) is 0.866. The van der Waals surface area contributed by atoms with Gasteiger partial charge in [0.15, 0.2) is 0 Å². The lowest BCUT2D eigenvalue weighted by molar-refractivity contribution is -0.150. The number of ketones is 1. The molecular formula is C67H118O11. The number of carbonyl (C=O) groups excluding carboxylic acids is 3. The van der Waals surface area contributed by atoms with Crippen LogP contribution in [0.15, 0.2) is 36.5 Å². The van der Waals surface area contributed by atoms with Gasteiger partial charge in [0.05, 0.1) is 71.2 Å². The molecule has 11 heteroatoms. The molecule has 0 aromatic heterocycles. The van der Waals surface area contributed by atoms with Crippen LogP contribution in [0.2, 0.25) is 0 Å². The van der Waals surface area contributed by atoms with Crippen molar-refractivity contribution < 1.29 is 52.3 Å². The highest BCUT2D eigenvalue weighted by Crippen LogP contribution is 2.21. The fourth-order valence-corrected chi connectivity index (χ4v) is 9.92. The van der Waals surface area contributed by atoms with E-state index in [9.17, 15) is 14.4 Å². The van der Waals surface area contributed by atoms with E-state index in [1.807, 2.05) is 0 Å². The van der Waals surface area contributed by atoms with Crippen molar-refractivity contribution in [1.82, 2.24) is 0 Å². The van der Waals surface area contributed by atoms with Crippen LogP contribution in [0, 0.1) is 5.92 Å². The fourth-order valence-electron chi connectivity index (χ4n) is 9.92. The quantitative estimate of drug-likeness (QED) is 0.0249. The van der Waals surface area contributed by atoms with Crippen molar-refractivity contribution in [2.75, 3.05) is 52.9 Å². The van der Waals surface area contributed by atoms with Crippen molar-refractivity contribution in [3.8, 4) is 0 Å². The summed E-state index contributed by atoms with van der Waals surface area (Å²) in [6, 6.07) is 0. The minimum Gasteiger partial charge on any atom is -0.465 e. The van der Waals surface area contributed by atoms with Gasteiger partial charge in [-0.3, -0.25) is 14.4 Å². The van der Waals surface area contributed by atoms with Gasteiger partial charge in [-0.25, -0.2) is 0 Å². The first-order valence-corrected chi connectivity index (χ1v) is 32.9. The number of allylic oxidation sites excluding steroid dienone is 3. The molecule has 0 aliphatic carbocycles. The van der Waals surface area contributed by atoms with Crippen LogP contribution in [0.3, 0.4) is 0 Å². The molecule has 3 heterocycles. The van der Waals surface area contributed by atoms with E-state index in [0.29, 0.717) is 37.6 Å². The molecule has 78 heavy (non-hydrogen) atoms. The van der Waals surface area contributed by atoms with Gasteiger partial charge in [0.2, 0.25) is 0 Å². The molecule has 3 fully saturated rings. The predicted octanol–water partition coefficient (Wildman–Crippen LogP) is 16.9. The number of rotatable bonds is 60. The SMILES string of the molecule is CCCCCCC(C/C=C/CCCCCCCC(=O)CC(COC(=O)CCCCCCC/C=C/CC(CCCCCC)OCC1CO1)COC(=O)CCCCCCC/C=C/CC(CCCCCC)OCC1CO1)OCC1CO1. The first-order valence-electron chi connectivity index (χ1n) is 32.9. The zero-order chi connectivity index (χ0) is 55.6. The number of Topliss-reactive ketones (excluding diaryl/α,β-unsaturated/α-hetero) is 1. The molecule has 6 atom stereocenters. The summed E-state index contributed by atoms with van der Waals surface area (Å²) in [6.45, 7) is 11.6. The highest BCUT2D eigenvalue weighted by atomic mass is 16.6. The zero-order valence-electron chi connectivity index (χ0n) is 50.4. The molecule has 3 aliphatic rings. The summed E-state index contributed by atoms with van der Waals surface area (Å²) in [5.74, 6) is -0.646. The molecule has 0 saturated carbocycles. The maximum Gasteiger partial charge on any atom is 0.305 e. The molecule has 3 aliphatic heterocycles. The first-order chi connectivity index (χ1) is 38.4. The van der Waals surface area contributed by atoms with Gasteiger partial charge in [0, 0.05) is 31.6 Å². The zero-order valence-corrected chi connectivity index (χ0v) is 50.4. The predicted molar refractivity (Wildman–Crippen MR) is 318 cm³/mol. The van der Waals surface area contributed by atoms with Crippen molar-refractivity contribution in [3.05, 3.63) is 36.5 Å². The van der Waals surface area contributed by atoms with E-state index in [0.717, 1.165) is 194 Å². The van der Waals surface area contributed by atoms with Gasteiger partial charge in [-0.05, 0) is 96.3 Å². The van der Waals surface area contributed by atoms with E-state index in [2.05, 4.69) is 57.2 Å². The molecule has 11 nitrogen and oxygen atoms in total. The topological polar surface area (TPSA) is 135 Å². The van der Waals surface area contributed by atoms with Crippen molar-refractivity contribution in [2.24, 2.45) is 5.92 Å². The highest BCUT2D eigenvalue weighted by molar-refractivity contribution is 5.78. The maximum atomic E-state index is 13.2. The molecule has 0 bridgehead atoms. The maximum absolute atomic E-state index is 13.2. The minimum absolute atomic E-state index is 0.105. The molecule has 0 aromatic carbocycles. The number of epoxide rings is 3. The van der Waals surface area contributed by atoms with Gasteiger partial charge in [-0.15, -0.1) is 0 Å². The average Bonchev–Trinajstić information content (AvgIpc) is 4.28. The Morgan fingerprint density at radius 3 is 1.04 bits per heavy atom. The van der Waals surface area contributed by atoms with Crippen LogP contribution in [-0.4, -0.2) is 107 Å². The monoisotopic (exact) mass is 1100 g/mol. The minimum atomic E-state index is -0.327. The summed E-state index contributed by atoms with van der Waals surface area (Å²) in [5.41, 5.74) is 0. The Hall–Kier alpha value is -2.41. The van der Waals surface area contributed by atoms with Crippen LogP contribution in [-0.2, 0) is 52.3 Å². The third-order valence-corrected chi connectivity index (χ3v) is 15.4. The van der Waals surface area contributed by atoms with Crippen LogP contribution < -0.4 is 0 Å². The van der Waals surface area contributed by atoms with Gasteiger partial charge in [-0.2, -0.15) is 0 Å². The largest absolute Gasteiger partial charge is 0.465 e. The standard InChI is InChI=1S/C67H118O11/c1-4-7-10-32-41-60(71-52-63-55-74-63)44-35-26-20-14-13-19-25-31-40-59(68)49-58(50-77-66(69)47-38-29-23-17-15-21-27-36-45-61(42-33-11-8-5-2)72-53-64-56-75-64)51-78-67(70)48-39-30-24-18-16-22-28-37-46-62(43-34-12-9-6-3)73-54-65-57-76-65/h26-28,35-37,58,60-65H,4-25,29-34,38-57H2,1-3H3/b35-26+,36-27+,37-28+. The number of unbranched alkanes of at least 4 members (excludes halogenated alkanes) is 24. The van der Waals surface area contributed by atoms with E-state index in [4.69, 9.17) is 37.9 Å². The molecule has 0 radical (unpaired) electrons. The molecule has 0 aromatic rings. The van der Waals surface area contributed by atoms with E-state index in [1.165, 1.54) is 77.0 Å². The molecule has 3 rings (SSSR count). The summed E-state index contributed by atoms with van der Waals surface area (Å²) in [6.07, 6.45) is 57.3. The van der Waals surface area contributed by atoms with Crippen molar-refractivity contribution in [2.45, 2.75) is 314 Å². The molecule has 0 spiro atoms. The Morgan fingerprint density at radius 2 is 0.705 bits per heavy atom. The van der Waals surface area contributed by atoms with Gasteiger partial charge >= 0.3 is 11.9 Å². The molecule has 452 valence electrons. The number of carbonyl (C=O) groups is 3. The van der Waals surface area contributed by atoms with Gasteiger partial charge in [0.25, 0.3) is 0 Å². The number of ether oxygens (including phenoxy) is 8. The Labute approximate surface area is 477 Å². The number of hydrogen-bond donors (Lipinski definition) is 0. The smallest absolute Gasteiger partial charge is 0.305 e. The normalized spacial score (nSPS) is 18.5. The van der Waals surface area contributed by atoms with Gasteiger partial charge in [-0.1, -0.05) is 192 Å². The lowest BCUT2D eigenvalue weighted by Gasteiger charge is -2.17. The number of hydrogen-bond acceptors (Lipinski definition) is 11. The molecule has 3 saturated heterocycles. The van der Waals surface area contributed by atoms with Crippen molar-refractivity contribution in [1.29, 1.82) is 0 Å². The average molecular weight is 1100 g/mol. The molecular weight excluding hydrogens is 981 g/mol. The molecule has 6 unspecified atom stereocenters. The summed E-state index contributed by atoms with van der Waals surface area (Å²) < 4.78 is 46.0. The highest BCUT2D eigenvalue weighted by Gasteiger charge is 2.26. The van der Waals surface area contributed by atoms with E-state index in [-0.39, 0.29) is 61.6 Å². The van der Waals surface area contributed by atoms with Crippen molar-refractivity contribution in [3.63, 3.8) is 0 Å².